The van der Waals surface area contributed by atoms with E-state index in [2.05, 4.69) is 259 Å². The van der Waals surface area contributed by atoms with Gasteiger partial charge < -0.3 is 0 Å². The van der Waals surface area contributed by atoms with Crippen LogP contribution >= 0.6 is 34.1 Å². The van der Waals surface area contributed by atoms with E-state index in [1.165, 1.54) is 111 Å². The predicted octanol–water partition coefficient (Wildman–Crippen LogP) is 23.6. The monoisotopic (exact) mass is 1370 g/mol. The molecule has 0 saturated carbocycles. The molecule has 0 radical (unpaired) electrons. The number of benzene rings is 8. The number of hydrogen-bond donors (Lipinski definition) is 0. The molecule has 0 heterocycles. The zero-order chi connectivity index (χ0) is 58.6. The molecule has 4 atom stereocenters. The van der Waals surface area contributed by atoms with Crippen molar-refractivity contribution in [3.05, 3.63) is 261 Å². The van der Waals surface area contributed by atoms with E-state index in [0.29, 0.717) is 0 Å². The first-order valence-electron chi connectivity index (χ1n) is 31.7. The van der Waals surface area contributed by atoms with E-state index in [0.717, 1.165) is 59.6 Å². The molecule has 0 bridgehead atoms. The van der Waals surface area contributed by atoms with Crippen molar-refractivity contribution in [1.29, 1.82) is 0 Å². The molecule has 8 aromatic carbocycles. The fraction of sp³-hybridized carbons (Fsp3) is 0.263. The average molecular weight is 1380 g/mol. The van der Waals surface area contributed by atoms with Crippen LogP contribution in [0.4, 0.5) is 0 Å². The van der Waals surface area contributed by atoms with Crippen molar-refractivity contribution in [3.63, 3.8) is 0 Å². The van der Waals surface area contributed by atoms with E-state index in [1.807, 2.05) is 0 Å². The van der Waals surface area contributed by atoms with Gasteiger partial charge in [-0.1, -0.05) is 0 Å². The summed E-state index contributed by atoms with van der Waals surface area (Å²) in [7, 11) is 38.6. The first-order chi connectivity index (χ1) is 40.6. The maximum atomic E-state index is 9.66. The Morgan fingerprint density at radius 1 is 0.298 bits per heavy atom. The number of fused-ring (bicyclic) bond motifs is 4. The molecule has 12 rings (SSSR count). The molecule has 8 heteroatoms. The van der Waals surface area contributed by atoms with Crippen LogP contribution in [0.5, 0.6) is 0 Å². The van der Waals surface area contributed by atoms with Gasteiger partial charge in [0.05, 0.1) is 0 Å². The van der Waals surface area contributed by atoms with Gasteiger partial charge in [0.15, 0.2) is 0 Å². The van der Waals surface area contributed by atoms with E-state index < -0.39 is 41.4 Å². The van der Waals surface area contributed by atoms with Crippen LogP contribution in [0.1, 0.15) is 138 Å². The summed E-state index contributed by atoms with van der Waals surface area (Å²) in [4.78, 5) is 0. The Bertz CT molecular complexity index is 3500. The Morgan fingerprint density at radius 3 is 0.726 bits per heavy atom. The van der Waals surface area contributed by atoms with Gasteiger partial charge >= 0.3 is 520 Å². The SMILES string of the molecule is CCC1=Cc2c(-c3ccccc3)cccc2[CH]1[Zr]([Cl])([Cl])([CH2]CCCC[CH2][Zr]([Cl])([Cl])([SiH2]C)([CH]1C(CC)=Cc2c(-c3ccccc3)cccc21)[CH]1C(CC)=Cc2c(-c3ccccc3)cccc21)([SiH2]C)[CH]1C(CC)=Cc2c(-c3ccccc3)cccc21. The number of hydrogen-bond acceptors (Lipinski definition) is 0. The zero-order valence-electron chi connectivity index (χ0n) is 50.1. The van der Waals surface area contributed by atoms with E-state index in [1.54, 1.807) is 0 Å². The van der Waals surface area contributed by atoms with Crippen molar-refractivity contribution in [2.45, 2.75) is 115 Å². The van der Waals surface area contributed by atoms with Crippen molar-refractivity contribution in [1.82, 2.24) is 0 Å². The first-order valence-corrected chi connectivity index (χ1v) is 68.2. The topological polar surface area (TPSA) is 0 Å². The molecule has 430 valence electrons. The van der Waals surface area contributed by atoms with E-state index in [-0.39, 0.29) is 14.5 Å². The molecule has 4 unspecified atom stereocenters. The third kappa shape index (κ3) is 9.49. The van der Waals surface area contributed by atoms with Gasteiger partial charge in [0.25, 0.3) is 0 Å². The van der Waals surface area contributed by atoms with Gasteiger partial charge in [0, 0.05) is 0 Å². The van der Waals surface area contributed by atoms with E-state index in [4.69, 9.17) is 0 Å². The Balaban J connectivity index is 0.969. The summed E-state index contributed by atoms with van der Waals surface area (Å²) >= 11 is -11.8. The van der Waals surface area contributed by atoms with Crippen molar-refractivity contribution < 1.29 is 28.1 Å². The molecule has 0 fully saturated rings. The average Bonchev–Trinajstić information content (AvgIpc) is 1.30. The molecular formula is C76H82Cl4Si2Zr2. The number of unbranched alkanes of at least 4 members (excludes halogenated alkanes) is 3. The summed E-state index contributed by atoms with van der Waals surface area (Å²) < 4.78 is 1.67. The van der Waals surface area contributed by atoms with Crippen LogP contribution in [0.25, 0.3) is 68.8 Å². The van der Waals surface area contributed by atoms with Crippen molar-refractivity contribution >= 4 is 71.6 Å². The third-order valence-corrected chi connectivity index (χ3v) is 131. The first kappa shape index (κ1) is 60.4. The molecule has 0 aliphatic heterocycles. The Hall–Kier alpha value is -3.92. The predicted molar refractivity (Wildman–Crippen MR) is 372 cm³/mol. The summed E-state index contributed by atoms with van der Waals surface area (Å²) in [6, 6.07) is 71.8. The fourth-order valence-corrected chi connectivity index (χ4v) is 101. The summed E-state index contributed by atoms with van der Waals surface area (Å²) in [5.74, 6) is 0. The minimum absolute atomic E-state index is 0.0159. The van der Waals surface area contributed by atoms with Gasteiger partial charge in [-0.15, -0.1) is 0 Å². The second-order valence-electron chi connectivity index (χ2n) is 25.9. The molecule has 0 aromatic heterocycles. The van der Waals surface area contributed by atoms with Gasteiger partial charge in [0.2, 0.25) is 0 Å². The van der Waals surface area contributed by atoms with Crippen LogP contribution in [0, 0.1) is 0 Å². The van der Waals surface area contributed by atoms with Crippen LogP contribution in [0.15, 0.2) is 216 Å². The third-order valence-electron chi connectivity index (χ3n) is 22.0. The number of halogens is 4. The van der Waals surface area contributed by atoms with Gasteiger partial charge in [-0.2, -0.15) is 0 Å². The Morgan fingerprint density at radius 2 is 0.524 bits per heavy atom. The van der Waals surface area contributed by atoms with Gasteiger partial charge in [0.1, 0.15) is 0 Å². The normalized spacial score (nSPS) is 19.9. The quantitative estimate of drug-likeness (QED) is 0.0497. The number of rotatable bonds is 21. The molecule has 0 spiro atoms. The van der Waals surface area contributed by atoms with Crippen LogP contribution in [0.3, 0.4) is 0 Å². The summed E-state index contributed by atoms with van der Waals surface area (Å²) in [6.07, 6.45) is 17.7. The maximum absolute atomic E-state index is 9.66. The second kappa shape index (κ2) is 22.6. The Kier molecular flexibility index (Phi) is 16.2. The summed E-state index contributed by atoms with van der Waals surface area (Å²) in [6.45, 7) is 12.1. The van der Waals surface area contributed by atoms with Gasteiger partial charge in [-0.3, -0.25) is 0 Å². The molecular weight excluding hydrogens is 1290 g/mol. The van der Waals surface area contributed by atoms with Gasteiger partial charge in [-0.05, 0) is 0 Å². The Labute approximate surface area is 514 Å². The molecule has 4 aliphatic carbocycles. The van der Waals surface area contributed by atoms with Gasteiger partial charge in [-0.25, -0.2) is 0 Å². The summed E-state index contributed by atoms with van der Waals surface area (Å²) in [5, 5.41) is 0. The molecule has 0 nitrogen and oxygen atoms in total. The molecule has 84 heavy (non-hydrogen) atoms. The number of allylic oxidation sites excluding steroid dienone is 4. The zero-order valence-corrected chi connectivity index (χ0v) is 60.9. The molecule has 0 N–H and O–H groups in total. The van der Waals surface area contributed by atoms with Crippen molar-refractivity contribution in [2.24, 2.45) is 0 Å². The molecule has 0 saturated heterocycles. The van der Waals surface area contributed by atoms with E-state index in [9.17, 15) is 34.1 Å². The molecule has 4 aliphatic rings. The van der Waals surface area contributed by atoms with Crippen LogP contribution in [0.2, 0.25) is 21.4 Å². The fourth-order valence-electron chi connectivity index (χ4n) is 17.9. The molecule has 8 aromatic rings. The van der Waals surface area contributed by atoms with Crippen LogP contribution in [-0.4, -0.2) is 13.3 Å². The van der Waals surface area contributed by atoms with Crippen LogP contribution in [-0.2, 0) is 28.1 Å². The minimum atomic E-state index is -5.88. The standard InChI is InChI=1S/4C17H15.C6H12.2CH5Si.4ClH.2Zr/c4*1-2-13-11-15-9-6-10-16(17(15)12-13)14-7-4-3-5-8-14;1-3-5-6-4-2;2*1-2;;;;;;/h4*3-12H,2H2,1H3;1-6H2;2*2H2,1H3;4*1H;;/q;;;;;;;;;;;2*+2/p-4. The van der Waals surface area contributed by atoms with Crippen molar-refractivity contribution in [3.8, 4) is 44.5 Å². The van der Waals surface area contributed by atoms with Crippen molar-refractivity contribution in [2.75, 3.05) is 0 Å². The van der Waals surface area contributed by atoms with Crippen LogP contribution < -0.4 is 0 Å². The van der Waals surface area contributed by atoms with E-state index >= 15 is 0 Å². The second-order valence-corrected chi connectivity index (χ2v) is 133. The molecule has 0 amide bonds. The summed E-state index contributed by atoms with van der Waals surface area (Å²) in [5.41, 5.74) is 26.4.